The molecule has 27 nitrogen and oxygen atoms in total. The Hall–Kier alpha value is -8.22. The summed E-state index contributed by atoms with van der Waals surface area (Å²) in [6, 6.07) is 4.51. The lowest BCUT2D eigenvalue weighted by atomic mass is 9.78. The maximum Gasteiger partial charge on any atom is 0.410 e. The van der Waals surface area contributed by atoms with Gasteiger partial charge in [-0.05, 0) is 50.0 Å². The van der Waals surface area contributed by atoms with Gasteiger partial charge < -0.3 is 74.9 Å². The molecule has 0 saturated carbocycles. The number of carbonyl (C=O) groups excluding carboxylic acids is 9. The van der Waals surface area contributed by atoms with E-state index in [-0.39, 0.29) is 86.1 Å². The first kappa shape index (κ1) is 73.2. The Bertz CT molecular complexity index is 3440. The summed E-state index contributed by atoms with van der Waals surface area (Å²) in [7, 11) is 0.748. The lowest BCUT2D eigenvalue weighted by molar-refractivity contribution is -0.165. The van der Waals surface area contributed by atoms with Gasteiger partial charge in [0, 0.05) is 106 Å². The highest BCUT2D eigenvalue weighted by Gasteiger charge is 2.55. The van der Waals surface area contributed by atoms with Crippen molar-refractivity contribution in [3.8, 4) is 11.5 Å². The summed E-state index contributed by atoms with van der Waals surface area (Å²) >= 11 is 0. The molecule has 10 atom stereocenters. The molecule has 0 aromatic heterocycles. The van der Waals surface area contributed by atoms with Crippen molar-refractivity contribution >= 4 is 81.6 Å². The van der Waals surface area contributed by atoms with E-state index in [1.165, 1.54) is 78.4 Å². The van der Waals surface area contributed by atoms with Crippen molar-refractivity contribution < 1.29 is 95.7 Å². The van der Waals surface area contributed by atoms with E-state index in [0.29, 0.717) is 37.4 Å². The number of esters is 3. The number of rotatable bonds is 19. The Morgan fingerprint density at radius 1 is 0.883 bits per heavy atom. The Kier molecular flexibility index (Phi) is 24.8. The third-order valence-corrected chi connectivity index (χ3v) is 18.6. The zero-order chi connectivity index (χ0) is 69.1. The Morgan fingerprint density at radius 2 is 1.55 bits per heavy atom. The van der Waals surface area contributed by atoms with Gasteiger partial charge in [-0.1, -0.05) is 78.8 Å². The average Bonchev–Trinajstić information content (AvgIpc) is 1.50. The van der Waals surface area contributed by atoms with E-state index in [9.17, 15) is 57.7 Å². The molecular weight excluding hydrogens is 1260 g/mol. The third kappa shape index (κ3) is 17.2. The van der Waals surface area contributed by atoms with Crippen LogP contribution in [0.2, 0.25) is 0 Å². The van der Waals surface area contributed by atoms with Gasteiger partial charge in [0.1, 0.15) is 53.1 Å². The van der Waals surface area contributed by atoms with Crippen molar-refractivity contribution in [1.82, 2.24) is 26.2 Å². The van der Waals surface area contributed by atoms with Crippen molar-refractivity contribution in [3.05, 3.63) is 99.6 Å². The summed E-state index contributed by atoms with van der Waals surface area (Å²) < 4.78 is 62.8. The van der Waals surface area contributed by atoms with Gasteiger partial charge >= 0.3 is 29.8 Å². The molecule has 1 spiro atoms. The number of hydrogen-bond acceptors (Lipinski definition) is 23. The number of fused-ring (bicyclic) bond motifs is 13. The number of aromatic hydroxyl groups is 1. The van der Waals surface area contributed by atoms with E-state index in [0.717, 1.165) is 6.54 Å². The van der Waals surface area contributed by atoms with Gasteiger partial charge in [-0.3, -0.25) is 52.5 Å². The number of piperidine rings is 1. The van der Waals surface area contributed by atoms with Crippen molar-refractivity contribution in [1.29, 1.82) is 0 Å². The molecule has 1 aliphatic carbocycles. The molecule has 5 bridgehead atoms. The first-order valence-electron chi connectivity index (χ1n) is 31.0. The fraction of sp³-hybridized carbons (Fsp3) is 0.538. The molecular formula is C65H83N7O20P2. The number of Topliss-reactive ketones (excluding diaryl/α,β-unsaturated/α-hetero) is 2. The highest BCUT2D eigenvalue weighted by molar-refractivity contribution is 7.44. The van der Waals surface area contributed by atoms with Crippen LogP contribution in [0.15, 0.2) is 76.8 Å². The number of methoxy groups -OCH3 is 1. The predicted molar refractivity (Wildman–Crippen MR) is 341 cm³/mol. The molecule has 2 aromatic carbocycles. The minimum Gasteiger partial charge on any atom is -0.507 e. The number of nitrogens with one attached hydrogen (secondary N) is 5. The fourth-order valence-corrected chi connectivity index (χ4v) is 12.7. The molecule has 5 heterocycles. The van der Waals surface area contributed by atoms with E-state index in [1.807, 2.05) is 0 Å². The molecule has 94 heavy (non-hydrogen) atoms. The maximum atomic E-state index is 15.1. The first-order chi connectivity index (χ1) is 44.5. The van der Waals surface area contributed by atoms with Gasteiger partial charge in [-0.2, -0.15) is 0 Å². The molecule has 0 radical (unpaired) electrons. The standard InChI is InChI=1S/C65H83N7O20P2/c1-13-45(75)87-31-88-63(83)68-42(28-44(74)67-41-19-17-40(18-20-41)27-47(93-84)94-85)62(82)66-29-46(76)91-57-33(4)15-14-16-34(5)61(81)69-53-52-51(70-65(71-52)22-24-72(25-23-65)30-32(2)3)48-49(56(53)79)55(78)38(9)59-50(48)60(80)64(11,92-59)89-26-21-43(86-12)35(6)58(90-39(10)73)37(8)54(77)36(57)7/h14-21,26,32-33,35-37,42-43,47,54,57-58,71,77-78H,13,22-25,27-31H2,1-12H3,(H,66,82)(H,67,74)(H,68,83)(H,69,81)/b15-14+,26-21+,34-16-/t33-,35+,36-,37+,42+,43-,54+,57-,58+,64-/m0/s1. The second-order valence-corrected chi connectivity index (χ2v) is 26.7. The van der Waals surface area contributed by atoms with Gasteiger partial charge in [0.15, 0.2) is 16.9 Å². The lowest BCUT2D eigenvalue weighted by Crippen LogP contribution is -2.50. The highest BCUT2D eigenvalue weighted by atomic mass is 31.1. The van der Waals surface area contributed by atoms with Crippen molar-refractivity contribution in [2.45, 2.75) is 156 Å². The van der Waals surface area contributed by atoms with Crippen LogP contribution in [0, 0.1) is 36.5 Å². The van der Waals surface area contributed by atoms with E-state index < -0.39 is 150 Å². The van der Waals surface area contributed by atoms with Crippen molar-refractivity contribution in [3.63, 3.8) is 0 Å². The number of carbonyl (C=O) groups is 9. The third-order valence-electron chi connectivity index (χ3n) is 17.2. The second-order valence-electron chi connectivity index (χ2n) is 24.7. The summed E-state index contributed by atoms with van der Waals surface area (Å²) in [6.07, 6.45) is 1.51. The highest BCUT2D eigenvalue weighted by Crippen LogP contribution is 2.50. The molecule has 5 aliphatic heterocycles. The number of phenolic OH excluding ortho intramolecular Hbond substituents is 1. The smallest absolute Gasteiger partial charge is 0.410 e. The molecule has 0 unspecified atom stereocenters. The lowest BCUT2D eigenvalue weighted by Gasteiger charge is -2.39. The zero-order valence-corrected chi connectivity index (χ0v) is 56.4. The van der Waals surface area contributed by atoms with E-state index in [1.54, 1.807) is 45.9 Å². The summed E-state index contributed by atoms with van der Waals surface area (Å²) in [4.78, 5) is 131. The first-order valence-corrected chi connectivity index (χ1v) is 32.8. The van der Waals surface area contributed by atoms with Crippen molar-refractivity contribution in [2.24, 2.45) is 34.6 Å². The fourth-order valence-electron chi connectivity index (χ4n) is 12.0. The predicted octanol–water partition coefficient (Wildman–Crippen LogP) is 6.77. The summed E-state index contributed by atoms with van der Waals surface area (Å²) in [5.74, 6) is -12.4. The molecule has 8 rings (SSSR count). The number of nitrogens with zero attached hydrogens (tertiary/aromatic N) is 2. The number of aliphatic hydroxyl groups is 1. The molecule has 6 aliphatic rings. The zero-order valence-electron chi connectivity index (χ0n) is 54.6. The minimum absolute atomic E-state index is 0.0103. The summed E-state index contributed by atoms with van der Waals surface area (Å²) in [5.41, 5.74) is -0.196. The number of likely N-dealkylation sites (tertiary alicyclic amines) is 1. The number of ether oxygens (including phenoxy) is 7. The Labute approximate surface area is 548 Å². The number of ketones is 2. The van der Waals surface area contributed by atoms with E-state index >= 15 is 4.79 Å². The van der Waals surface area contributed by atoms with Crippen LogP contribution in [-0.4, -0.2) is 162 Å². The number of hydrogen-bond donors (Lipinski definition) is 7. The molecule has 1 fully saturated rings. The second kappa shape index (κ2) is 31.8. The van der Waals surface area contributed by atoms with Crippen LogP contribution in [0.3, 0.4) is 0 Å². The molecule has 2 aromatic rings. The van der Waals surface area contributed by atoms with Crippen LogP contribution in [-0.2, 0) is 72.7 Å². The number of phenols is 1. The van der Waals surface area contributed by atoms with Crippen LogP contribution < -0.4 is 31.3 Å². The quantitative estimate of drug-likeness (QED) is 0.0330. The average molecular weight is 1340 g/mol. The van der Waals surface area contributed by atoms with Crippen LogP contribution >= 0.6 is 16.9 Å². The van der Waals surface area contributed by atoms with Gasteiger partial charge in [-0.15, -0.1) is 0 Å². The number of allylic oxidation sites excluding steroid dienone is 4. The number of aliphatic imine (C=N–C) groups is 1. The normalized spacial score (nSPS) is 26.4. The van der Waals surface area contributed by atoms with E-state index in [4.69, 9.17) is 38.2 Å². The van der Waals surface area contributed by atoms with Crippen LogP contribution in [0.5, 0.6) is 11.5 Å². The van der Waals surface area contributed by atoms with Crippen LogP contribution in [0.1, 0.15) is 132 Å². The van der Waals surface area contributed by atoms with Gasteiger partial charge in [-0.25, -0.2) is 4.79 Å². The molecule has 4 amide bonds. The number of alkyl carbamates (subject to hydrolysis) is 1. The monoisotopic (exact) mass is 1340 g/mol. The number of aliphatic hydroxyl groups excluding tert-OH is 1. The molecule has 7 N–H and O–H groups in total. The Morgan fingerprint density at radius 3 is 2.18 bits per heavy atom. The summed E-state index contributed by atoms with van der Waals surface area (Å²) in [6.45, 7) is 18.2. The molecule has 508 valence electrons. The van der Waals surface area contributed by atoms with Gasteiger partial charge in [0.25, 0.3) is 11.7 Å². The number of benzene rings is 2. The summed E-state index contributed by atoms with van der Waals surface area (Å²) in [5, 5.41) is 37.2. The Balaban J connectivity index is 1.21. The topological polar surface area (TPSA) is 369 Å². The largest absolute Gasteiger partial charge is 0.507 e. The SMILES string of the molecule is CCC(=O)OCOC(=O)N[C@H](CC(=O)Nc1ccc(CC(P=O)P=O)cc1)C(=O)NCC(=O)O[C@@H]1[C@@H](C)[C@@H](O)[C@@H](C)[C@H](OC(C)=O)[C@H](C)[C@@H](OC)/C=C/O[C@@]2(C)Oc3c(C)c(O)c4c(c3C2=O)C2=NC3(CCN(CC(C)C)CC3)NC2=C(NC(=O)/C(C)=C\C=C\[C@@H]1C)C4=O. The van der Waals surface area contributed by atoms with E-state index in [2.05, 4.69) is 45.3 Å². The minimum atomic E-state index is -2.10. The van der Waals surface area contributed by atoms with Crippen LogP contribution in [0.4, 0.5) is 10.5 Å². The maximum absolute atomic E-state index is 15.1. The molecule has 29 heteroatoms. The number of amides is 4. The van der Waals surface area contributed by atoms with Gasteiger partial charge in [0.2, 0.25) is 24.4 Å². The molecule has 1 saturated heterocycles. The van der Waals surface area contributed by atoms with Crippen LogP contribution in [0.25, 0.3) is 0 Å². The number of anilines is 1. The van der Waals surface area contributed by atoms with Gasteiger partial charge in [0.05, 0.1) is 47.4 Å². The van der Waals surface area contributed by atoms with Crippen molar-refractivity contribution in [2.75, 3.05) is 45.4 Å².